The van der Waals surface area contributed by atoms with Crippen LogP contribution in [0.2, 0.25) is 52.4 Å². The average Bonchev–Trinajstić information content (AvgIpc) is 3.94. The molecule has 0 N–H and O–H groups in total. The van der Waals surface area contributed by atoms with Crippen LogP contribution in [0, 0.1) is 10.8 Å². The second-order valence-corrected chi connectivity index (χ2v) is 77.9. The van der Waals surface area contributed by atoms with Crippen LogP contribution in [-0.2, 0) is 15.6 Å². The van der Waals surface area contributed by atoms with Crippen LogP contribution in [0.3, 0.4) is 0 Å². The molecule has 2 unspecified atom stereocenters. The number of fused-ring (bicyclic) bond motifs is 2. The van der Waals surface area contributed by atoms with Gasteiger partial charge in [-0.05, 0) is 0 Å². The molecule has 0 radical (unpaired) electrons. The van der Waals surface area contributed by atoms with E-state index in [0.29, 0.717) is 0 Å². The molecule has 0 saturated heterocycles. The van der Waals surface area contributed by atoms with Gasteiger partial charge in [-0.2, -0.15) is 0 Å². The SMILES string of the molecule is CCC1(CC2=Cc3c(-c4ccc([Si](C)(C)C)cc4)cccc3[CH]2[Zr]([Cl])([Cl])([CH]2C(CC3(CC)CCCCCCCC3)=Cc3c(-c4ccc([Si](C)(C)C)cc4)cccc32)[SiH](C)C)CCCCCCCC1. The number of hydrogen-bond acceptors (Lipinski definition) is 0. The molecule has 4 aromatic carbocycles. The summed E-state index contributed by atoms with van der Waals surface area (Å²) in [4.78, 5) is 0. The summed E-state index contributed by atoms with van der Waals surface area (Å²) >= 11 is -5.21. The van der Waals surface area contributed by atoms with Crippen LogP contribution in [0.4, 0.5) is 0 Å². The van der Waals surface area contributed by atoms with Gasteiger partial charge in [-0.1, -0.05) is 0 Å². The van der Waals surface area contributed by atoms with Gasteiger partial charge in [-0.3, -0.25) is 0 Å². The third-order valence-corrected chi connectivity index (χ3v) is 74.6. The fourth-order valence-corrected chi connectivity index (χ4v) is 47.6. The van der Waals surface area contributed by atoms with Crippen molar-refractivity contribution in [1.29, 1.82) is 0 Å². The van der Waals surface area contributed by atoms with E-state index >= 15 is 0 Å². The van der Waals surface area contributed by atoms with E-state index in [1.807, 2.05) is 0 Å². The van der Waals surface area contributed by atoms with Gasteiger partial charge in [0.25, 0.3) is 0 Å². The molecule has 6 heteroatoms. The first-order valence-electron chi connectivity index (χ1n) is 27.8. The summed E-state index contributed by atoms with van der Waals surface area (Å²) < 4.78 is 0.187. The van der Waals surface area contributed by atoms with Crippen molar-refractivity contribution >= 4 is 61.6 Å². The van der Waals surface area contributed by atoms with Gasteiger partial charge in [0.1, 0.15) is 0 Å². The molecule has 0 spiro atoms. The zero-order chi connectivity index (χ0) is 48.6. The average molecular weight is 1080 g/mol. The van der Waals surface area contributed by atoms with Crippen molar-refractivity contribution in [3.05, 3.63) is 118 Å². The first-order chi connectivity index (χ1) is 32.3. The molecule has 68 heavy (non-hydrogen) atoms. The third-order valence-electron chi connectivity index (χ3n) is 18.6. The Morgan fingerprint density at radius 2 is 0.809 bits per heavy atom. The van der Waals surface area contributed by atoms with E-state index in [4.69, 9.17) is 0 Å². The summed E-state index contributed by atoms with van der Waals surface area (Å²) in [7, 11) is 16.0. The molecular weight excluding hydrogens is 991 g/mol. The van der Waals surface area contributed by atoms with Crippen molar-refractivity contribution in [2.75, 3.05) is 0 Å². The molecule has 0 amide bonds. The van der Waals surface area contributed by atoms with E-state index in [2.05, 4.69) is 163 Å². The van der Waals surface area contributed by atoms with Crippen LogP contribution in [0.1, 0.15) is 172 Å². The fourth-order valence-electron chi connectivity index (χ4n) is 14.0. The molecule has 0 aromatic heterocycles. The number of hydrogen-bond donors (Lipinski definition) is 0. The quantitative estimate of drug-likeness (QED) is 0.117. The second-order valence-electron chi connectivity index (χ2n) is 25.3. The number of allylic oxidation sites excluding steroid dienone is 2. The topological polar surface area (TPSA) is 0 Å². The van der Waals surface area contributed by atoms with Crippen LogP contribution >= 0.6 is 17.0 Å². The molecule has 0 heterocycles. The molecule has 4 aromatic rings. The number of halogens is 2. The summed E-state index contributed by atoms with van der Waals surface area (Å²) in [6, 6.07) is 34.0. The summed E-state index contributed by atoms with van der Waals surface area (Å²) in [5.74, 6) is -1.80. The Labute approximate surface area is 426 Å². The molecule has 0 nitrogen and oxygen atoms in total. The normalized spacial score (nSPS) is 22.0. The van der Waals surface area contributed by atoms with Crippen LogP contribution in [0.15, 0.2) is 96.1 Å². The zero-order valence-corrected chi connectivity index (χ0v) is 51.5. The van der Waals surface area contributed by atoms with Crippen LogP contribution in [0.5, 0.6) is 0 Å². The first-order valence-corrected chi connectivity index (χ1v) is 51.1. The standard InChI is InChI=1S/2C30H41Si.C2H7Si.2ClH.Zr/c2*1-5-30(19-10-8-6-7-9-11-20-30)23-24-21-26-13-12-14-28(29(26)22-24)25-15-17-27(18-16-25)31(2,3)4;1-3-2;;;/h2*12-18,21-22H,5-11,19-20,23H2,1-4H3;3H,1-2H3;2*1H;/q;;;;;+2/p-2. The van der Waals surface area contributed by atoms with E-state index < -0.39 is 37.6 Å². The zero-order valence-electron chi connectivity index (χ0n) is 44.4. The Morgan fingerprint density at radius 3 is 1.10 bits per heavy atom. The molecule has 2 fully saturated rings. The summed E-state index contributed by atoms with van der Waals surface area (Å²) in [6.45, 7) is 25.0. The van der Waals surface area contributed by atoms with E-state index in [1.54, 1.807) is 11.1 Å². The molecule has 8 rings (SSSR count). The second kappa shape index (κ2) is 21.1. The predicted octanol–water partition coefficient (Wildman–Crippen LogP) is 19.5. The molecular formula is C62H89Cl2Si3Zr. The third kappa shape index (κ3) is 10.6. The predicted molar refractivity (Wildman–Crippen MR) is 310 cm³/mol. The van der Waals surface area contributed by atoms with E-state index in [9.17, 15) is 17.0 Å². The van der Waals surface area contributed by atoms with Gasteiger partial charge < -0.3 is 0 Å². The van der Waals surface area contributed by atoms with Gasteiger partial charge in [0.05, 0.1) is 0 Å². The maximum atomic E-state index is 9.47. The maximum absolute atomic E-state index is 9.47. The van der Waals surface area contributed by atoms with Gasteiger partial charge in [0, 0.05) is 0 Å². The molecule has 4 aliphatic carbocycles. The molecule has 2 atom stereocenters. The summed E-state index contributed by atoms with van der Waals surface area (Å²) in [5, 5.41) is 3.04. The Hall–Kier alpha value is -1.53. The van der Waals surface area contributed by atoms with Crippen molar-refractivity contribution in [2.24, 2.45) is 10.8 Å². The van der Waals surface area contributed by atoms with Gasteiger partial charge >= 0.3 is 430 Å². The molecule has 0 bridgehead atoms. The van der Waals surface area contributed by atoms with Gasteiger partial charge in [-0.25, -0.2) is 0 Å². The van der Waals surface area contributed by atoms with Crippen molar-refractivity contribution in [3.63, 3.8) is 0 Å². The summed E-state index contributed by atoms with van der Waals surface area (Å²) in [6.07, 6.45) is 31.8. The molecule has 2 saturated carbocycles. The fraction of sp³-hybridized carbons (Fsp3) is 0.548. The van der Waals surface area contributed by atoms with Gasteiger partial charge in [0.15, 0.2) is 0 Å². The van der Waals surface area contributed by atoms with Gasteiger partial charge in [-0.15, -0.1) is 0 Å². The molecule has 0 aliphatic heterocycles. The summed E-state index contributed by atoms with van der Waals surface area (Å²) in [5.41, 5.74) is 14.9. The Kier molecular flexibility index (Phi) is 16.4. The minimum atomic E-state index is -5.21. The Bertz CT molecular complexity index is 2260. The van der Waals surface area contributed by atoms with E-state index in [1.165, 1.54) is 170 Å². The van der Waals surface area contributed by atoms with Crippen molar-refractivity contribution in [1.82, 2.24) is 0 Å². The first kappa shape index (κ1) is 52.8. The van der Waals surface area contributed by atoms with Crippen molar-refractivity contribution < 1.29 is 15.6 Å². The van der Waals surface area contributed by atoms with E-state index in [0.717, 1.165) is 12.8 Å². The Morgan fingerprint density at radius 1 is 0.485 bits per heavy atom. The van der Waals surface area contributed by atoms with Crippen LogP contribution in [-0.4, -0.2) is 22.1 Å². The van der Waals surface area contributed by atoms with Crippen molar-refractivity contribution in [2.45, 2.75) is 202 Å². The Balaban J connectivity index is 1.36. The molecule has 4 aliphatic rings. The van der Waals surface area contributed by atoms with Crippen LogP contribution in [0.25, 0.3) is 34.4 Å². The van der Waals surface area contributed by atoms with Gasteiger partial charge in [0.2, 0.25) is 0 Å². The van der Waals surface area contributed by atoms with E-state index in [-0.39, 0.29) is 18.1 Å². The number of rotatable bonds is 13. The minimum absolute atomic E-state index is 0.0934. The monoisotopic (exact) mass is 1080 g/mol. The van der Waals surface area contributed by atoms with Crippen molar-refractivity contribution in [3.8, 4) is 22.3 Å². The molecule has 367 valence electrons. The van der Waals surface area contributed by atoms with Crippen LogP contribution < -0.4 is 10.4 Å². The number of benzene rings is 4.